The van der Waals surface area contributed by atoms with Crippen LogP contribution in [-0.4, -0.2) is 45.8 Å². The van der Waals surface area contributed by atoms with E-state index >= 15 is 0 Å². The van der Waals surface area contributed by atoms with Gasteiger partial charge in [0, 0.05) is 12.5 Å². The molecule has 0 aromatic carbocycles. The van der Waals surface area contributed by atoms with Crippen LogP contribution in [0.5, 0.6) is 0 Å². The molecule has 1 saturated heterocycles. The Labute approximate surface area is 128 Å². The molecule has 0 saturated carbocycles. The zero-order valence-electron chi connectivity index (χ0n) is 12.5. The predicted molar refractivity (Wildman–Crippen MR) is 78.4 cm³/mol. The molecule has 7 heteroatoms. The van der Waals surface area contributed by atoms with E-state index in [0.717, 1.165) is 5.57 Å². The van der Waals surface area contributed by atoms with Gasteiger partial charge < -0.3 is 20.6 Å². The molecule has 7 nitrogen and oxygen atoms in total. The molecular formula is C15H21NO6. The first-order chi connectivity index (χ1) is 10.2. The lowest BCUT2D eigenvalue weighted by Crippen LogP contribution is -2.36. The smallest absolute Gasteiger partial charge is 0.321 e. The van der Waals surface area contributed by atoms with E-state index in [1.807, 2.05) is 0 Å². The summed E-state index contributed by atoms with van der Waals surface area (Å²) < 4.78 is 0. The molecule has 1 fully saturated rings. The molecule has 122 valence electrons. The number of allylic oxidation sites excluding steroid dienone is 2. The standard InChI is InChI=1S/C15H21NO6/c1-8(4-3-5-9(2)14(19)20)11-7-16-13(15(21)22)10(11)6-12(17)18/h3-5,9-11,13,16H,6-7H2,1-2H3,(H,17,18)(H,19,20)(H,21,22)/b5-3+,8-4-/t9?,10-,11+,13-/m1/s1. The van der Waals surface area contributed by atoms with Gasteiger partial charge in [0.05, 0.1) is 12.3 Å². The van der Waals surface area contributed by atoms with Gasteiger partial charge >= 0.3 is 17.9 Å². The van der Waals surface area contributed by atoms with Gasteiger partial charge in [-0.05, 0) is 19.8 Å². The second kappa shape index (κ2) is 7.74. The van der Waals surface area contributed by atoms with Crippen molar-refractivity contribution in [3.8, 4) is 0 Å². The lowest BCUT2D eigenvalue weighted by Gasteiger charge is -2.20. The number of carboxylic acids is 3. The van der Waals surface area contributed by atoms with E-state index in [1.54, 1.807) is 26.0 Å². The van der Waals surface area contributed by atoms with Crippen LogP contribution in [0.15, 0.2) is 23.8 Å². The lowest BCUT2D eigenvalue weighted by atomic mass is 9.83. The van der Waals surface area contributed by atoms with E-state index in [1.165, 1.54) is 6.08 Å². The third-order valence-electron chi connectivity index (χ3n) is 3.91. The average molecular weight is 311 g/mol. The van der Waals surface area contributed by atoms with Crippen molar-refractivity contribution in [3.05, 3.63) is 23.8 Å². The summed E-state index contributed by atoms with van der Waals surface area (Å²) in [6, 6.07) is -0.883. The van der Waals surface area contributed by atoms with Crippen molar-refractivity contribution in [1.29, 1.82) is 0 Å². The normalized spacial score (nSPS) is 27.0. The fourth-order valence-corrected chi connectivity index (χ4v) is 2.60. The van der Waals surface area contributed by atoms with E-state index in [9.17, 15) is 14.4 Å². The Kier molecular flexibility index (Phi) is 6.30. The molecule has 22 heavy (non-hydrogen) atoms. The summed E-state index contributed by atoms with van der Waals surface area (Å²) in [7, 11) is 0. The summed E-state index contributed by atoms with van der Waals surface area (Å²) in [5, 5.41) is 29.7. The molecule has 1 unspecified atom stereocenters. The van der Waals surface area contributed by atoms with Gasteiger partial charge in [-0.25, -0.2) is 0 Å². The highest BCUT2D eigenvalue weighted by Gasteiger charge is 2.41. The molecule has 0 bridgehead atoms. The Morgan fingerprint density at radius 3 is 2.41 bits per heavy atom. The van der Waals surface area contributed by atoms with Crippen LogP contribution in [0.2, 0.25) is 0 Å². The number of carbonyl (C=O) groups is 3. The predicted octanol–water partition coefficient (Wildman–Crippen LogP) is 0.973. The van der Waals surface area contributed by atoms with Gasteiger partial charge in [-0.3, -0.25) is 14.4 Å². The summed E-state index contributed by atoms with van der Waals surface area (Å²) in [6.07, 6.45) is 4.62. The summed E-state index contributed by atoms with van der Waals surface area (Å²) in [5.41, 5.74) is 0.830. The van der Waals surface area contributed by atoms with Gasteiger partial charge in [-0.1, -0.05) is 23.8 Å². The first-order valence-corrected chi connectivity index (χ1v) is 6.99. The molecule has 4 N–H and O–H groups in total. The molecule has 0 aromatic rings. The van der Waals surface area contributed by atoms with Gasteiger partial charge in [0.15, 0.2) is 0 Å². The average Bonchev–Trinajstić information content (AvgIpc) is 2.81. The van der Waals surface area contributed by atoms with Crippen molar-refractivity contribution >= 4 is 17.9 Å². The number of carboxylic acid groups (broad SMARTS) is 3. The van der Waals surface area contributed by atoms with Crippen LogP contribution >= 0.6 is 0 Å². The topological polar surface area (TPSA) is 124 Å². The molecule has 0 spiro atoms. The Hall–Kier alpha value is -2.15. The molecule has 1 aliphatic heterocycles. The highest BCUT2D eigenvalue weighted by molar-refractivity contribution is 5.76. The number of hydrogen-bond acceptors (Lipinski definition) is 4. The van der Waals surface area contributed by atoms with Gasteiger partial charge in [-0.15, -0.1) is 0 Å². The van der Waals surface area contributed by atoms with Crippen LogP contribution in [0.3, 0.4) is 0 Å². The SMILES string of the molecule is C/C(=C/C=C/C(C)C(=O)O)[C@@H]1CN[C@@H](C(=O)O)[C@@H]1CC(=O)O. The maximum Gasteiger partial charge on any atom is 0.321 e. The number of nitrogens with one attached hydrogen (secondary N) is 1. The van der Waals surface area contributed by atoms with Crippen molar-refractivity contribution < 1.29 is 29.7 Å². The molecule has 1 heterocycles. The summed E-state index contributed by atoms with van der Waals surface area (Å²) in [6.45, 7) is 3.73. The zero-order valence-corrected chi connectivity index (χ0v) is 12.5. The summed E-state index contributed by atoms with van der Waals surface area (Å²) in [4.78, 5) is 32.8. The molecule has 0 aliphatic carbocycles. The molecule has 1 rings (SSSR count). The third kappa shape index (κ3) is 4.70. The minimum absolute atomic E-state index is 0.206. The van der Waals surface area contributed by atoms with Crippen molar-refractivity contribution in [2.75, 3.05) is 6.54 Å². The van der Waals surface area contributed by atoms with Crippen LogP contribution in [-0.2, 0) is 14.4 Å². The molecule has 0 radical (unpaired) electrons. The Bertz CT molecular complexity index is 510. The molecule has 1 aliphatic rings. The van der Waals surface area contributed by atoms with E-state index in [-0.39, 0.29) is 12.3 Å². The van der Waals surface area contributed by atoms with Crippen LogP contribution in [0.4, 0.5) is 0 Å². The molecule has 0 aromatic heterocycles. The minimum atomic E-state index is -1.06. The number of rotatable bonds is 7. The van der Waals surface area contributed by atoms with Crippen molar-refractivity contribution in [2.24, 2.45) is 17.8 Å². The van der Waals surface area contributed by atoms with Crippen molar-refractivity contribution in [1.82, 2.24) is 5.32 Å². The monoisotopic (exact) mass is 311 g/mol. The maximum atomic E-state index is 11.2. The van der Waals surface area contributed by atoms with E-state index in [2.05, 4.69) is 5.32 Å². The quantitative estimate of drug-likeness (QED) is 0.516. The lowest BCUT2D eigenvalue weighted by molar-refractivity contribution is -0.142. The second-order valence-electron chi connectivity index (χ2n) is 5.51. The highest BCUT2D eigenvalue weighted by atomic mass is 16.4. The van der Waals surface area contributed by atoms with E-state index in [0.29, 0.717) is 6.54 Å². The maximum absolute atomic E-state index is 11.2. The Morgan fingerprint density at radius 1 is 1.27 bits per heavy atom. The first-order valence-electron chi connectivity index (χ1n) is 6.99. The van der Waals surface area contributed by atoms with Crippen LogP contribution in [0, 0.1) is 17.8 Å². The minimum Gasteiger partial charge on any atom is -0.481 e. The molecular weight excluding hydrogens is 290 g/mol. The molecule has 4 atom stereocenters. The van der Waals surface area contributed by atoms with Crippen LogP contribution in [0.25, 0.3) is 0 Å². The Morgan fingerprint density at radius 2 is 1.91 bits per heavy atom. The van der Waals surface area contributed by atoms with Crippen LogP contribution < -0.4 is 5.32 Å². The summed E-state index contributed by atoms with van der Waals surface area (Å²) in [5.74, 6) is -4.38. The van der Waals surface area contributed by atoms with Crippen LogP contribution in [0.1, 0.15) is 20.3 Å². The third-order valence-corrected chi connectivity index (χ3v) is 3.91. The fraction of sp³-hybridized carbons (Fsp3) is 0.533. The van der Waals surface area contributed by atoms with Crippen molar-refractivity contribution in [2.45, 2.75) is 26.3 Å². The van der Waals surface area contributed by atoms with Gasteiger partial charge in [0.25, 0.3) is 0 Å². The number of hydrogen-bond donors (Lipinski definition) is 4. The zero-order chi connectivity index (χ0) is 16.9. The van der Waals surface area contributed by atoms with E-state index < -0.39 is 35.8 Å². The largest absolute Gasteiger partial charge is 0.481 e. The van der Waals surface area contributed by atoms with E-state index in [4.69, 9.17) is 15.3 Å². The summed E-state index contributed by atoms with van der Waals surface area (Å²) >= 11 is 0. The fourth-order valence-electron chi connectivity index (χ4n) is 2.60. The first kappa shape index (κ1) is 17.9. The number of aliphatic carboxylic acids is 3. The van der Waals surface area contributed by atoms with Gasteiger partial charge in [0.1, 0.15) is 6.04 Å². The molecule has 0 amide bonds. The van der Waals surface area contributed by atoms with Gasteiger partial charge in [0.2, 0.25) is 0 Å². The van der Waals surface area contributed by atoms with Gasteiger partial charge in [-0.2, -0.15) is 0 Å². The van der Waals surface area contributed by atoms with Crippen molar-refractivity contribution in [3.63, 3.8) is 0 Å². The Balaban J connectivity index is 2.85. The second-order valence-corrected chi connectivity index (χ2v) is 5.51. The highest BCUT2D eigenvalue weighted by Crippen LogP contribution is 2.31.